The highest BCUT2D eigenvalue weighted by molar-refractivity contribution is 5.38. The predicted octanol–water partition coefficient (Wildman–Crippen LogP) is 3.18. The van der Waals surface area contributed by atoms with Crippen LogP contribution in [0.25, 0.3) is 0 Å². The van der Waals surface area contributed by atoms with Gasteiger partial charge < -0.3 is 24.8 Å². The predicted molar refractivity (Wildman–Crippen MR) is 130 cm³/mol. The molecule has 0 aliphatic carbocycles. The molecule has 0 amide bonds. The molecule has 1 aromatic carbocycles. The highest BCUT2D eigenvalue weighted by Gasteiger charge is 2.34. The van der Waals surface area contributed by atoms with E-state index < -0.39 is 0 Å². The minimum atomic E-state index is -0.220. The summed E-state index contributed by atoms with van der Waals surface area (Å²) in [5.74, 6) is 2.06. The largest absolute Gasteiger partial charge is 0.487 e. The third-order valence-corrected chi connectivity index (χ3v) is 7.14. The molecule has 0 unspecified atom stereocenters. The van der Waals surface area contributed by atoms with Crippen LogP contribution in [0.2, 0.25) is 0 Å². The first-order chi connectivity index (χ1) is 17.0. The van der Waals surface area contributed by atoms with Gasteiger partial charge in [-0.25, -0.2) is 14.4 Å². The molecule has 0 radical (unpaired) electrons. The Morgan fingerprint density at radius 1 is 1.14 bits per heavy atom. The van der Waals surface area contributed by atoms with Gasteiger partial charge in [-0.3, -0.25) is 0 Å². The van der Waals surface area contributed by atoms with Crippen molar-refractivity contribution in [1.29, 1.82) is 0 Å². The number of nitrogens with zero attached hydrogens (tertiary/aromatic N) is 6. The zero-order chi connectivity index (χ0) is 24.4. The van der Waals surface area contributed by atoms with Gasteiger partial charge in [-0.1, -0.05) is 30.3 Å². The first kappa shape index (κ1) is 23.5. The molecule has 2 saturated heterocycles. The molecule has 2 aliphatic rings. The molecular formula is C25H32FN7O2. The molecule has 10 heteroatoms. The van der Waals surface area contributed by atoms with Crippen LogP contribution in [-0.4, -0.2) is 58.4 Å². The SMILES string of the molecule is CCc1noc(N2CCC([C@H](C)Oc3cnc(N4C[C@H](c5ccccc5F)[C@@H](N)C4)nc3)CC2)n1. The highest BCUT2D eigenvalue weighted by atomic mass is 19.1. The molecule has 0 bridgehead atoms. The lowest BCUT2D eigenvalue weighted by molar-refractivity contribution is 0.131. The number of hydrogen-bond acceptors (Lipinski definition) is 9. The minimum Gasteiger partial charge on any atom is -0.487 e. The average Bonchev–Trinajstić information content (AvgIpc) is 3.52. The minimum absolute atomic E-state index is 0.0335. The summed E-state index contributed by atoms with van der Waals surface area (Å²) in [5.41, 5.74) is 6.98. The summed E-state index contributed by atoms with van der Waals surface area (Å²) in [5, 5.41) is 3.99. The number of halogens is 1. The third kappa shape index (κ3) is 5.07. The van der Waals surface area contributed by atoms with E-state index in [-0.39, 0.29) is 23.9 Å². The average molecular weight is 482 g/mol. The molecular weight excluding hydrogens is 449 g/mol. The number of rotatable bonds is 7. The molecule has 186 valence electrons. The maximum Gasteiger partial charge on any atom is 0.324 e. The lowest BCUT2D eigenvalue weighted by Crippen LogP contribution is -2.38. The van der Waals surface area contributed by atoms with Crippen molar-refractivity contribution in [3.8, 4) is 5.75 Å². The number of aryl methyl sites for hydroxylation is 1. The van der Waals surface area contributed by atoms with E-state index in [0.29, 0.717) is 42.3 Å². The molecule has 2 aromatic heterocycles. The van der Waals surface area contributed by atoms with Crippen LogP contribution in [0.3, 0.4) is 0 Å². The van der Waals surface area contributed by atoms with Crippen molar-refractivity contribution >= 4 is 12.0 Å². The molecule has 2 N–H and O–H groups in total. The zero-order valence-corrected chi connectivity index (χ0v) is 20.2. The molecule has 2 fully saturated rings. The van der Waals surface area contributed by atoms with Crippen LogP contribution in [-0.2, 0) is 6.42 Å². The van der Waals surface area contributed by atoms with Crippen molar-refractivity contribution in [3.63, 3.8) is 0 Å². The first-order valence-electron chi connectivity index (χ1n) is 12.3. The fourth-order valence-corrected chi connectivity index (χ4v) is 5.02. The number of piperidine rings is 1. The summed E-state index contributed by atoms with van der Waals surface area (Å²) in [6.45, 7) is 6.98. The number of anilines is 2. The Morgan fingerprint density at radius 2 is 1.89 bits per heavy atom. The third-order valence-electron chi connectivity index (χ3n) is 7.14. The summed E-state index contributed by atoms with van der Waals surface area (Å²) in [6.07, 6.45) is 6.18. The normalized spacial score (nSPS) is 21.9. The van der Waals surface area contributed by atoms with E-state index in [1.165, 1.54) is 6.07 Å². The Balaban J connectivity index is 1.14. The van der Waals surface area contributed by atoms with Crippen molar-refractivity contribution in [2.45, 2.75) is 51.2 Å². The van der Waals surface area contributed by atoms with Gasteiger partial charge in [0.25, 0.3) is 0 Å². The second-order valence-electron chi connectivity index (χ2n) is 9.41. The van der Waals surface area contributed by atoms with E-state index in [1.54, 1.807) is 24.5 Å². The van der Waals surface area contributed by atoms with Crippen molar-refractivity contribution in [3.05, 3.63) is 53.9 Å². The lowest BCUT2D eigenvalue weighted by atomic mass is 9.92. The summed E-state index contributed by atoms with van der Waals surface area (Å²) < 4.78 is 25.8. The number of aromatic nitrogens is 4. The summed E-state index contributed by atoms with van der Waals surface area (Å²) in [4.78, 5) is 17.6. The van der Waals surface area contributed by atoms with Crippen LogP contribution in [0.15, 0.2) is 41.2 Å². The van der Waals surface area contributed by atoms with Crippen LogP contribution in [0.4, 0.5) is 16.4 Å². The first-order valence-corrected chi connectivity index (χ1v) is 12.3. The maximum atomic E-state index is 14.3. The monoisotopic (exact) mass is 481 g/mol. The van der Waals surface area contributed by atoms with Crippen molar-refractivity contribution in [2.75, 3.05) is 36.0 Å². The maximum absolute atomic E-state index is 14.3. The lowest BCUT2D eigenvalue weighted by Gasteiger charge is -2.33. The Bertz CT molecular complexity index is 1120. The molecule has 2 aliphatic heterocycles. The second kappa shape index (κ2) is 10.2. The Hall–Kier alpha value is -3.27. The van der Waals surface area contributed by atoms with Gasteiger partial charge in [-0.2, -0.15) is 4.98 Å². The van der Waals surface area contributed by atoms with Crippen molar-refractivity contribution < 1.29 is 13.7 Å². The molecule has 0 saturated carbocycles. The summed E-state index contributed by atoms with van der Waals surface area (Å²) >= 11 is 0. The molecule has 3 aromatic rings. The number of ether oxygens (including phenoxy) is 1. The van der Waals surface area contributed by atoms with E-state index in [9.17, 15) is 4.39 Å². The molecule has 4 heterocycles. The van der Waals surface area contributed by atoms with Crippen LogP contribution >= 0.6 is 0 Å². The van der Waals surface area contributed by atoms with Crippen LogP contribution in [0, 0.1) is 11.7 Å². The smallest absolute Gasteiger partial charge is 0.324 e. The number of nitrogens with two attached hydrogens (primary N) is 1. The van der Waals surface area contributed by atoms with E-state index in [4.69, 9.17) is 15.0 Å². The Kier molecular flexibility index (Phi) is 6.81. The van der Waals surface area contributed by atoms with Crippen LogP contribution in [0.5, 0.6) is 5.75 Å². The van der Waals surface area contributed by atoms with Gasteiger partial charge >= 0.3 is 6.01 Å². The van der Waals surface area contributed by atoms with Gasteiger partial charge in [-0.05, 0) is 37.3 Å². The molecule has 35 heavy (non-hydrogen) atoms. The number of hydrogen-bond donors (Lipinski definition) is 1. The van der Waals surface area contributed by atoms with E-state index in [0.717, 1.165) is 38.2 Å². The zero-order valence-electron chi connectivity index (χ0n) is 20.2. The molecule has 5 rings (SSSR count). The molecule has 9 nitrogen and oxygen atoms in total. The Morgan fingerprint density at radius 3 is 2.57 bits per heavy atom. The fourth-order valence-electron chi connectivity index (χ4n) is 5.02. The van der Waals surface area contributed by atoms with E-state index in [1.807, 2.05) is 17.9 Å². The van der Waals surface area contributed by atoms with Gasteiger partial charge in [0.2, 0.25) is 5.95 Å². The van der Waals surface area contributed by atoms with Crippen molar-refractivity contribution in [2.24, 2.45) is 11.7 Å². The van der Waals surface area contributed by atoms with E-state index in [2.05, 4.69) is 31.9 Å². The topological polar surface area (TPSA) is 106 Å². The van der Waals surface area contributed by atoms with Crippen LogP contribution in [0.1, 0.15) is 44.0 Å². The Labute approximate surface area is 204 Å². The van der Waals surface area contributed by atoms with E-state index >= 15 is 0 Å². The van der Waals surface area contributed by atoms with Crippen molar-refractivity contribution in [1.82, 2.24) is 20.1 Å². The summed E-state index contributed by atoms with van der Waals surface area (Å²) in [6, 6.07) is 7.24. The highest BCUT2D eigenvalue weighted by Crippen LogP contribution is 2.31. The molecule has 3 atom stereocenters. The van der Waals surface area contributed by atoms with Gasteiger partial charge in [0.15, 0.2) is 11.6 Å². The van der Waals surface area contributed by atoms with Gasteiger partial charge in [0.05, 0.1) is 18.5 Å². The van der Waals surface area contributed by atoms with Gasteiger partial charge in [0, 0.05) is 44.6 Å². The van der Waals surface area contributed by atoms with Gasteiger partial charge in [0.1, 0.15) is 5.82 Å². The van der Waals surface area contributed by atoms with Gasteiger partial charge in [-0.15, -0.1) is 0 Å². The van der Waals surface area contributed by atoms with Crippen LogP contribution < -0.4 is 20.3 Å². The summed E-state index contributed by atoms with van der Waals surface area (Å²) in [7, 11) is 0. The standard InChI is InChI=1S/C25H32FN7O2/c1-3-23-30-25(35-31-23)32-10-8-17(9-11-32)16(2)34-18-12-28-24(29-13-18)33-14-20(22(27)15-33)19-6-4-5-7-21(19)26/h4-7,12-13,16-17,20,22H,3,8-11,14-15,27H2,1-2H3/t16-,20+,22-/m0/s1. The quantitative estimate of drug-likeness (QED) is 0.544. The second-order valence-corrected chi connectivity index (χ2v) is 9.41. The fraction of sp³-hybridized carbons (Fsp3) is 0.520. The molecule has 0 spiro atoms. The number of benzene rings is 1.